The van der Waals surface area contributed by atoms with Gasteiger partial charge in [-0.25, -0.2) is 8.78 Å². The van der Waals surface area contributed by atoms with Crippen molar-refractivity contribution in [2.75, 3.05) is 0 Å². The zero-order valence-corrected chi connectivity index (χ0v) is 11.1. The lowest BCUT2D eigenvalue weighted by Gasteiger charge is -2.05. The van der Waals surface area contributed by atoms with Crippen LogP contribution in [0.1, 0.15) is 21.5 Å². The highest BCUT2D eigenvalue weighted by molar-refractivity contribution is 9.10. The van der Waals surface area contributed by atoms with Crippen LogP contribution in [0, 0.1) is 18.6 Å². The molecule has 0 aliphatic heterocycles. The van der Waals surface area contributed by atoms with Gasteiger partial charge in [-0.05, 0) is 48.9 Å². The van der Waals surface area contributed by atoms with E-state index < -0.39 is 17.4 Å². The van der Waals surface area contributed by atoms with Crippen molar-refractivity contribution in [1.29, 1.82) is 0 Å². The van der Waals surface area contributed by atoms with Gasteiger partial charge in [-0.1, -0.05) is 15.9 Å². The molecule has 2 aromatic carbocycles. The van der Waals surface area contributed by atoms with Gasteiger partial charge in [-0.2, -0.15) is 0 Å². The maximum absolute atomic E-state index is 13.6. The van der Waals surface area contributed by atoms with Crippen molar-refractivity contribution in [2.45, 2.75) is 6.92 Å². The Kier molecular flexibility index (Phi) is 3.57. The fourth-order valence-corrected chi connectivity index (χ4v) is 2.03. The molecule has 0 fully saturated rings. The minimum Gasteiger partial charge on any atom is -0.288 e. The van der Waals surface area contributed by atoms with E-state index in [4.69, 9.17) is 0 Å². The minimum atomic E-state index is -0.628. The highest BCUT2D eigenvalue weighted by Crippen LogP contribution is 2.19. The first-order valence-electron chi connectivity index (χ1n) is 5.24. The summed E-state index contributed by atoms with van der Waals surface area (Å²) in [7, 11) is 0. The Balaban J connectivity index is 2.47. The molecule has 0 aromatic heterocycles. The average molecular weight is 311 g/mol. The van der Waals surface area contributed by atoms with Gasteiger partial charge in [0.2, 0.25) is 0 Å². The van der Waals surface area contributed by atoms with E-state index in [1.54, 1.807) is 13.0 Å². The number of hydrogen-bond acceptors (Lipinski definition) is 1. The zero-order valence-electron chi connectivity index (χ0n) is 9.51. The molecule has 0 saturated heterocycles. The molecule has 2 aromatic rings. The van der Waals surface area contributed by atoms with E-state index in [0.717, 1.165) is 6.07 Å². The van der Waals surface area contributed by atoms with Crippen LogP contribution >= 0.6 is 15.9 Å². The standard InChI is InChI=1S/C14H9BrF2O/c1-8-4-9(6-11(16)5-8)14(18)12-3-2-10(15)7-13(12)17/h2-7H,1H3. The van der Waals surface area contributed by atoms with Crippen molar-refractivity contribution < 1.29 is 13.6 Å². The summed E-state index contributed by atoms with van der Waals surface area (Å²) in [6, 6.07) is 8.11. The molecule has 0 spiro atoms. The average Bonchev–Trinajstić information content (AvgIpc) is 2.26. The van der Waals surface area contributed by atoms with Crippen LogP contribution in [0.4, 0.5) is 8.78 Å². The first kappa shape index (κ1) is 12.9. The van der Waals surface area contributed by atoms with Gasteiger partial charge < -0.3 is 0 Å². The zero-order chi connectivity index (χ0) is 13.3. The maximum atomic E-state index is 13.6. The molecule has 4 heteroatoms. The summed E-state index contributed by atoms with van der Waals surface area (Å²) in [5, 5.41) is 0. The van der Waals surface area contributed by atoms with Crippen molar-refractivity contribution >= 4 is 21.7 Å². The van der Waals surface area contributed by atoms with Crippen LogP contribution in [0.5, 0.6) is 0 Å². The van der Waals surface area contributed by atoms with Crippen LogP contribution in [-0.4, -0.2) is 5.78 Å². The Labute approximate surface area is 112 Å². The van der Waals surface area contributed by atoms with Crippen LogP contribution in [0.15, 0.2) is 40.9 Å². The molecular weight excluding hydrogens is 302 g/mol. The summed E-state index contributed by atoms with van der Waals surface area (Å²) in [6.07, 6.45) is 0. The smallest absolute Gasteiger partial charge is 0.196 e. The number of carbonyl (C=O) groups is 1. The Morgan fingerprint density at radius 1 is 1.11 bits per heavy atom. The Morgan fingerprint density at radius 2 is 1.83 bits per heavy atom. The van der Waals surface area contributed by atoms with Gasteiger partial charge in [0.1, 0.15) is 11.6 Å². The molecule has 0 N–H and O–H groups in total. The molecule has 0 saturated carbocycles. The van der Waals surface area contributed by atoms with Crippen LogP contribution in [-0.2, 0) is 0 Å². The lowest BCUT2D eigenvalue weighted by atomic mass is 10.0. The predicted molar refractivity (Wildman–Crippen MR) is 68.7 cm³/mol. The molecule has 0 heterocycles. The summed E-state index contributed by atoms with van der Waals surface area (Å²) < 4.78 is 27.4. The second kappa shape index (κ2) is 4.98. The summed E-state index contributed by atoms with van der Waals surface area (Å²) in [4.78, 5) is 12.1. The highest BCUT2D eigenvalue weighted by Gasteiger charge is 2.15. The number of carbonyl (C=O) groups excluding carboxylic acids is 1. The minimum absolute atomic E-state index is 0.0665. The SMILES string of the molecule is Cc1cc(F)cc(C(=O)c2ccc(Br)cc2F)c1. The Morgan fingerprint density at radius 3 is 2.44 bits per heavy atom. The largest absolute Gasteiger partial charge is 0.288 e. The number of ketones is 1. The number of rotatable bonds is 2. The number of hydrogen-bond donors (Lipinski definition) is 0. The van der Waals surface area contributed by atoms with Gasteiger partial charge in [0, 0.05) is 10.0 Å². The molecule has 92 valence electrons. The number of benzene rings is 2. The van der Waals surface area contributed by atoms with E-state index in [1.165, 1.54) is 24.3 Å². The van der Waals surface area contributed by atoms with Gasteiger partial charge in [-0.15, -0.1) is 0 Å². The lowest BCUT2D eigenvalue weighted by molar-refractivity contribution is 0.103. The second-order valence-corrected chi connectivity index (χ2v) is 4.89. The molecule has 1 nitrogen and oxygen atoms in total. The molecule has 0 bridgehead atoms. The summed E-state index contributed by atoms with van der Waals surface area (Å²) in [5.41, 5.74) is 0.702. The summed E-state index contributed by atoms with van der Waals surface area (Å²) >= 11 is 3.11. The highest BCUT2D eigenvalue weighted by atomic mass is 79.9. The topological polar surface area (TPSA) is 17.1 Å². The number of halogens is 3. The third-order valence-corrected chi connectivity index (χ3v) is 2.97. The molecule has 0 unspecified atom stereocenters. The molecule has 0 atom stereocenters. The molecule has 0 amide bonds. The van der Waals surface area contributed by atoms with Gasteiger partial charge in [0.15, 0.2) is 5.78 Å². The van der Waals surface area contributed by atoms with Gasteiger partial charge in [0.25, 0.3) is 0 Å². The molecular formula is C14H9BrF2O. The Hall–Kier alpha value is -1.55. The van der Waals surface area contributed by atoms with Crippen molar-refractivity contribution in [3.8, 4) is 0 Å². The van der Waals surface area contributed by atoms with Crippen molar-refractivity contribution in [1.82, 2.24) is 0 Å². The van der Waals surface area contributed by atoms with E-state index in [2.05, 4.69) is 15.9 Å². The molecule has 0 aliphatic carbocycles. The Bertz CT molecular complexity index is 603. The predicted octanol–water partition coefficient (Wildman–Crippen LogP) is 4.27. The maximum Gasteiger partial charge on any atom is 0.196 e. The first-order chi connectivity index (χ1) is 8.47. The van der Waals surface area contributed by atoms with Crippen LogP contribution < -0.4 is 0 Å². The van der Waals surface area contributed by atoms with E-state index in [0.29, 0.717) is 10.0 Å². The number of aryl methyl sites for hydroxylation is 1. The van der Waals surface area contributed by atoms with Crippen LogP contribution in [0.25, 0.3) is 0 Å². The molecule has 2 rings (SSSR count). The van der Waals surface area contributed by atoms with E-state index in [1.807, 2.05) is 0 Å². The van der Waals surface area contributed by atoms with E-state index >= 15 is 0 Å². The van der Waals surface area contributed by atoms with Crippen LogP contribution in [0.3, 0.4) is 0 Å². The lowest BCUT2D eigenvalue weighted by Crippen LogP contribution is -2.05. The van der Waals surface area contributed by atoms with E-state index in [-0.39, 0.29) is 11.1 Å². The van der Waals surface area contributed by atoms with E-state index in [9.17, 15) is 13.6 Å². The normalized spacial score (nSPS) is 10.4. The van der Waals surface area contributed by atoms with Gasteiger partial charge in [0.05, 0.1) is 5.56 Å². The van der Waals surface area contributed by atoms with Crippen molar-refractivity contribution in [3.63, 3.8) is 0 Å². The summed E-state index contributed by atoms with van der Waals surface area (Å²) in [6.45, 7) is 1.68. The fourth-order valence-electron chi connectivity index (χ4n) is 1.70. The quantitative estimate of drug-likeness (QED) is 0.757. The first-order valence-corrected chi connectivity index (χ1v) is 6.03. The molecule has 0 radical (unpaired) electrons. The third kappa shape index (κ3) is 2.64. The van der Waals surface area contributed by atoms with Crippen LogP contribution in [0.2, 0.25) is 0 Å². The third-order valence-electron chi connectivity index (χ3n) is 2.48. The van der Waals surface area contributed by atoms with Gasteiger partial charge in [-0.3, -0.25) is 4.79 Å². The summed E-state index contributed by atoms with van der Waals surface area (Å²) in [5.74, 6) is -1.66. The molecule has 0 aliphatic rings. The fraction of sp³-hybridized carbons (Fsp3) is 0.0714. The van der Waals surface area contributed by atoms with Crippen molar-refractivity contribution in [3.05, 3.63) is 69.2 Å². The molecule has 18 heavy (non-hydrogen) atoms. The monoisotopic (exact) mass is 310 g/mol. The van der Waals surface area contributed by atoms with Crippen molar-refractivity contribution in [2.24, 2.45) is 0 Å². The second-order valence-electron chi connectivity index (χ2n) is 3.97. The van der Waals surface area contributed by atoms with Gasteiger partial charge >= 0.3 is 0 Å².